The molecule has 1 fully saturated rings. The number of hydrogen-bond donors (Lipinski definition) is 3. The molecule has 1 saturated carbocycles. The van der Waals surface area contributed by atoms with Crippen molar-refractivity contribution in [1.29, 1.82) is 0 Å². The number of carbonyl (C=O) groups is 3. The SMILES string of the molecule is O=C(NCC(C(=O)N[C@@H]1CC[C@H](C(=O)O)C1)C(F)(F)F)OCC1c2ccccc2-c2ccccc21. The molecule has 0 spiro atoms. The number of alkyl halides is 3. The van der Waals surface area contributed by atoms with Gasteiger partial charge in [0.1, 0.15) is 6.61 Å². The van der Waals surface area contributed by atoms with Gasteiger partial charge >= 0.3 is 18.2 Å². The molecule has 186 valence electrons. The van der Waals surface area contributed by atoms with E-state index in [1.165, 1.54) is 0 Å². The van der Waals surface area contributed by atoms with Crippen molar-refractivity contribution in [3.63, 3.8) is 0 Å². The number of carboxylic acids is 1. The largest absolute Gasteiger partial charge is 0.481 e. The van der Waals surface area contributed by atoms with Gasteiger partial charge in [-0.05, 0) is 41.5 Å². The predicted octanol–water partition coefficient (Wildman–Crippen LogP) is 4.07. The number of hydrogen-bond acceptors (Lipinski definition) is 4. The lowest BCUT2D eigenvalue weighted by molar-refractivity contribution is -0.181. The van der Waals surface area contributed by atoms with Crippen LogP contribution in [0.25, 0.3) is 11.1 Å². The van der Waals surface area contributed by atoms with E-state index in [1.54, 1.807) is 0 Å². The lowest BCUT2D eigenvalue weighted by atomic mass is 9.98. The predicted molar refractivity (Wildman–Crippen MR) is 120 cm³/mol. The third kappa shape index (κ3) is 5.41. The fourth-order valence-electron chi connectivity index (χ4n) is 4.83. The minimum Gasteiger partial charge on any atom is -0.481 e. The highest BCUT2D eigenvalue weighted by Gasteiger charge is 2.46. The summed E-state index contributed by atoms with van der Waals surface area (Å²) in [5.74, 6) is -5.76. The van der Waals surface area contributed by atoms with E-state index >= 15 is 0 Å². The van der Waals surface area contributed by atoms with Crippen molar-refractivity contribution in [2.24, 2.45) is 11.8 Å². The Morgan fingerprint density at radius 3 is 2.14 bits per heavy atom. The second-order valence-corrected chi connectivity index (χ2v) is 8.85. The van der Waals surface area contributed by atoms with E-state index in [9.17, 15) is 27.6 Å². The minimum atomic E-state index is -4.90. The number of aliphatic carboxylic acids is 1. The van der Waals surface area contributed by atoms with Crippen molar-refractivity contribution in [2.75, 3.05) is 13.2 Å². The van der Waals surface area contributed by atoms with Gasteiger partial charge in [-0.3, -0.25) is 9.59 Å². The van der Waals surface area contributed by atoms with Crippen molar-refractivity contribution < 1.29 is 37.4 Å². The van der Waals surface area contributed by atoms with Gasteiger partial charge in [0.2, 0.25) is 5.91 Å². The van der Waals surface area contributed by atoms with E-state index in [4.69, 9.17) is 9.84 Å². The molecule has 3 atom stereocenters. The first kappa shape index (κ1) is 24.6. The molecule has 2 aromatic rings. The number of ether oxygens (including phenoxy) is 1. The summed E-state index contributed by atoms with van der Waals surface area (Å²) >= 11 is 0. The summed E-state index contributed by atoms with van der Waals surface area (Å²) in [5.41, 5.74) is 3.96. The first-order chi connectivity index (χ1) is 16.6. The first-order valence-corrected chi connectivity index (χ1v) is 11.3. The zero-order valence-electron chi connectivity index (χ0n) is 18.7. The summed E-state index contributed by atoms with van der Waals surface area (Å²) in [4.78, 5) is 35.6. The number of rotatable bonds is 7. The zero-order chi connectivity index (χ0) is 25.2. The third-order valence-corrected chi connectivity index (χ3v) is 6.63. The normalized spacial score (nSPS) is 20.0. The minimum absolute atomic E-state index is 0.0681. The van der Waals surface area contributed by atoms with Crippen molar-refractivity contribution in [1.82, 2.24) is 10.6 Å². The van der Waals surface area contributed by atoms with Crippen LogP contribution in [0.15, 0.2) is 48.5 Å². The van der Waals surface area contributed by atoms with Crippen molar-refractivity contribution >= 4 is 18.0 Å². The van der Waals surface area contributed by atoms with Gasteiger partial charge in [0.25, 0.3) is 0 Å². The van der Waals surface area contributed by atoms with Crippen LogP contribution in [0.3, 0.4) is 0 Å². The van der Waals surface area contributed by atoms with Crippen LogP contribution < -0.4 is 10.6 Å². The number of fused-ring (bicyclic) bond motifs is 3. The third-order valence-electron chi connectivity index (χ3n) is 6.63. The van der Waals surface area contributed by atoms with Crippen molar-refractivity contribution in [3.05, 3.63) is 59.7 Å². The Hall–Kier alpha value is -3.56. The number of benzene rings is 2. The Labute approximate surface area is 199 Å². The van der Waals surface area contributed by atoms with Crippen molar-refractivity contribution in [2.45, 2.75) is 37.4 Å². The van der Waals surface area contributed by atoms with Crippen LogP contribution in [0, 0.1) is 11.8 Å². The Bertz CT molecular complexity index is 1070. The van der Waals surface area contributed by atoms with Gasteiger partial charge in [-0.2, -0.15) is 13.2 Å². The molecule has 10 heteroatoms. The molecule has 0 heterocycles. The molecule has 0 bridgehead atoms. The molecule has 2 amide bonds. The summed E-state index contributed by atoms with van der Waals surface area (Å²) < 4.78 is 45.8. The van der Waals surface area contributed by atoms with Gasteiger partial charge < -0.3 is 20.5 Å². The summed E-state index contributed by atoms with van der Waals surface area (Å²) in [6, 6.07) is 14.7. The Morgan fingerprint density at radius 2 is 1.60 bits per heavy atom. The van der Waals surface area contributed by atoms with Gasteiger partial charge in [-0.25, -0.2) is 4.79 Å². The van der Waals surface area contributed by atoms with Crippen molar-refractivity contribution in [3.8, 4) is 11.1 Å². The topological polar surface area (TPSA) is 105 Å². The lowest BCUT2D eigenvalue weighted by Gasteiger charge is -2.22. The highest BCUT2D eigenvalue weighted by Crippen LogP contribution is 2.44. The van der Waals surface area contributed by atoms with E-state index in [-0.39, 0.29) is 31.8 Å². The zero-order valence-corrected chi connectivity index (χ0v) is 18.7. The highest BCUT2D eigenvalue weighted by atomic mass is 19.4. The monoisotopic (exact) mass is 490 g/mol. The number of carboxylic acid groups (broad SMARTS) is 1. The fourth-order valence-corrected chi connectivity index (χ4v) is 4.83. The van der Waals surface area contributed by atoms with Crippen LogP contribution in [0.2, 0.25) is 0 Å². The van der Waals surface area contributed by atoms with Gasteiger partial charge in [-0.1, -0.05) is 48.5 Å². The molecular weight excluding hydrogens is 465 g/mol. The van der Waals surface area contributed by atoms with E-state index in [0.29, 0.717) is 0 Å². The number of carbonyl (C=O) groups excluding carboxylic acids is 2. The fraction of sp³-hybridized carbons (Fsp3) is 0.400. The molecule has 2 aliphatic carbocycles. The summed E-state index contributed by atoms with van der Waals surface area (Å²) in [6.07, 6.45) is -5.31. The summed E-state index contributed by atoms with van der Waals surface area (Å²) in [5, 5.41) is 13.4. The number of amides is 2. The molecule has 7 nitrogen and oxygen atoms in total. The van der Waals surface area contributed by atoms with Gasteiger partial charge in [0.05, 0.1) is 5.92 Å². The molecule has 0 radical (unpaired) electrons. The standard InChI is InChI=1S/C25H25F3N2O5/c26-25(27,28)21(22(31)30-15-10-9-14(11-15)23(32)33)12-29-24(34)35-13-20-18-7-3-1-5-16(18)17-6-2-4-8-19(17)20/h1-8,14-15,20-21H,9-13H2,(H,29,34)(H,30,31)(H,32,33)/t14-,15+,21?/m0/s1. The van der Waals surface area contributed by atoms with E-state index in [2.05, 4.69) is 10.6 Å². The van der Waals surface area contributed by atoms with Crippen LogP contribution in [0.5, 0.6) is 0 Å². The average molecular weight is 490 g/mol. The summed E-state index contributed by atoms with van der Waals surface area (Å²) in [6.45, 7) is -1.05. The van der Waals surface area contributed by atoms with E-state index in [1.807, 2.05) is 48.5 Å². The van der Waals surface area contributed by atoms with Crippen LogP contribution in [0.4, 0.5) is 18.0 Å². The average Bonchev–Trinajstić information content (AvgIpc) is 3.40. The second kappa shape index (κ2) is 9.97. The van der Waals surface area contributed by atoms with Gasteiger partial charge in [-0.15, -0.1) is 0 Å². The molecule has 35 heavy (non-hydrogen) atoms. The molecule has 4 rings (SSSR count). The number of alkyl carbamates (subject to hydrolysis) is 1. The molecule has 0 aliphatic heterocycles. The molecule has 3 N–H and O–H groups in total. The lowest BCUT2D eigenvalue weighted by Crippen LogP contribution is -2.48. The Balaban J connectivity index is 1.33. The maximum atomic E-state index is 13.5. The molecule has 0 saturated heterocycles. The van der Waals surface area contributed by atoms with Crippen LogP contribution in [-0.2, 0) is 14.3 Å². The van der Waals surface area contributed by atoms with E-state index in [0.717, 1.165) is 22.3 Å². The number of halogens is 3. The molecule has 2 aliphatic rings. The summed E-state index contributed by atoms with van der Waals surface area (Å²) in [7, 11) is 0. The maximum Gasteiger partial charge on any atom is 0.407 e. The van der Waals surface area contributed by atoms with E-state index < -0.39 is 48.6 Å². The maximum absolute atomic E-state index is 13.5. The second-order valence-electron chi connectivity index (χ2n) is 8.85. The van der Waals surface area contributed by atoms with Gasteiger partial charge in [0, 0.05) is 18.5 Å². The molecular formula is C25H25F3N2O5. The Morgan fingerprint density at radius 1 is 1.00 bits per heavy atom. The van der Waals surface area contributed by atoms with Crippen LogP contribution in [0.1, 0.15) is 36.3 Å². The quantitative estimate of drug-likeness (QED) is 0.543. The number of nitrogens with one attached hydrogen (secondary N) is 2. The molecule has 2 aromatic carbocycles. The first-order valence-electron chi connectivity index (χ1n) is 11.3. The van der Waals surface area contributed by atoms with Crippen LogP contribution >= 0.6 is 0 Å². The molecule has 0 aromatic heterocycles. The Kier molecular flexibility index (Phi) is 7.00. The van der Waals surface area contributed by atoms with Crippen LogP contribution in [-0.4, -0.2) is 48.4 Å². The van der Waals surface area contributed by atoms with Gasteiger partial charge in [0.15, 0.2) is 5.92 Å². The smallest absolute Gasteiger partial charge is 0.407 e. The highest BCUT2D eigenvalue weighted by molar-refractivity contribution is 5.81. The molecule has 1 unspecified atom stereocenters.